The average molecular weight is 225 g/mol. The Morgan fingerprint density at radius 2 is 1.69 bits per heavy atom. The summed E-state index contributed by atoms with van der Waals surface area (Å²) in [5.74, 6) is 0.366. The Morgan fingerprint density at radius 1 is 1.00 bits per heavy atom. The summed E-state index contributed by atoms with van der Waals surface area (Å²) >= 11 is 0. The fourth-order valence-electron chi connectivity index (χ4n) is 1.64. The van der Waals surface area contributed by atoms with Crippen molar-refractivity contribution in [3.8, 4) is 0 Å². The third-order valence-corrected chi connectivity index (χ3v) is 3.10. The van der Waals surface area contributed by atoms with Gasteiger partial charge in [-0.25, -0.2) is 4.79 Å². The van der Waals surface area contributed by atoms with Crippen LogP contribution in [0.3, 0.4) is 0 Å². The molecule has 0 saturated heterocycles. The molecular formula is C11H19N3O2. The van der Waals surface area contributed by atoms with Gasteiger partial charge in [0.2, 0.25) is 5.91 Å². The number of carbonyl (C=O) groups is 2. The normalized spacial score (nSPS) is 19.8. The molecule has 0 bridgehead atoms. The van der Waals surface area contributed by atoms with Gasteiger partial charge in [-0.2, -0.15) is 0 Å². The maximum atomic E-state index is 11.3. The predicted molar refractivity (Wildman–Crippen MR) is 59.9 cm³/mol. The second-order valence-corrected chi connectivity index (χ2v) is 4.59. The molecule has 5 heteroatoms. The van der Waals surface area contributed by atoms with Crippen LogP contribution in [0.15, 0.2) is 0 Å². The van der Waals surface area contributed by atoms with E-state index in [0.29, 0.717) is 19.1 Å². The van der Waals surface area contributed by atoms with E-state index in [1.165, 1.54) is 6.42 Å². The molecule has 2 aliphatic rings. The van der Waals surface area contributed by atoms with Crippen LogP contribution in [0.2, 0.25) is 0 Å². The lowest BCUT2D eigenvalue weighted by Gasteiger charge is -2.26. The summed E-state index contributed by atoms with van der Waals surface area (Å²) in [6.07, 6.45) is 5.42. The maximum Gasteiger partial charge on any atom is 0.315 e. The zero-order valence-electron chi connectivity index (χ0n) is 9.42. The van der Waals surface area contributed by atoms with E-state index in [2.05, 4.69) is 16.0 Å². The zero-order valence-corrected chi connectivity index (χ0v) is 9.42. The van der Waals surface area contributed by atoms with Crippen LogP contribution in [-0.4, -0.2) is 31.1 Å². The van der Waals surface area contributed by atoms with Crippen LogP contribution in [0.4, 0.5) is 4.79 Å². The second kappa shape index (κ2) is 5.18. The number of nitrogens with one attached hydrogen (secondary N) is 3. The van der Waals surface area contributed by atoms with Gasteiger partial charge in [0.05, 0.1) is 0 Å². The van der Waals surface area contributed by atoms with Crippen molar-refractivity contribution < 1.29 is 9.59 Å². The second-order valence-electron chi connectivity index (χ2n) is 4.59. The molecule has 0 heterocycles. The summed E-state index contributed by atoms with van der Waals surface area (Å²) in [7, 11) is 0. The van der Waals surface area contributed by atoms with Crippen molar-refractivity contribution in [3.63, 3.8) is 0 Å². The topological polar surface area (TPSA) is 70.2 Å². The highest BCUT2D eigenvalue weighted by molar-refractivity contribution is 5.80. The Morgan fingerprint density at radius 3 is 2.25 bits per heavy atom. The smallest absolute Gasteiger partial charge is 0.315 e. The molecule has 16 heavy (non-hydrogen) atoms. The van der Waals surface area contributed by atoms with Crippen molar-refractivity contribution in [2.24, 2.45) is 5.92 Å². The number of hydrogen-bond donors (Lipinski definition) is 3. The molecule has 3 amide bonds. The first kappa shape index (κ1) is 11.2. The molecule has 2 saturated carbocycles. The third kappa shape index (κ3) is 3.40. The predicted octanol–water partition coefficient (Wildman–Crippen LogP) is 0.364. The average Bonchev–Trinajstić information content (AvgIpc) is 3.01. The van der Waals surface area contributed by atoms with Gasteiger partial charge in [-0.3, -0.25) is 4.79 Å². The molecule has 2 aliphatic carbocycles. The highest BCUT2D eigenvalue weighted by atomic mass is 16.2. The van der Waals surface area contributed by atoms with E-state index in [4.69, 9.17) is 0 Å². The highest BCUT2D eigenvalue weighted by Crippen LogP contribution is 2.28. The van der Waals surface area contributed by atoms with Crippen LogP contribution in [0, 0.1) is 5.92 Å². The van der Waals surface area contributed by atoms with Crippen LogP contribution in [0.5, 0.6) is 0 Å². The number of amides is 3. The van der Waals surface area contributed by atoms with Gasteiger partial charge in [0.25, 0.3) is 0 Å². The van der Waals surface area contributed by atoms with E-state index >= 15 is 0 Å². The number of rotatable bonds is 5. The fourth-order valence-corrected chi connectivity index (χ4v) is 1.64. The van der Waals surface area contributed by atoms with E-state index in [1.54, 1.807) is 0 Å². The lowest BCUT2D eigenvalue weighted by molar-refractivity contribution is -0.122. The molecule has 0 unspecified atom stereocenters. The molecule has 0 aromatic heterocycles. The fraction of sp³-hybridized carbons (Fsp3) is 0.818. The quantitative estimate of drug-likeness (QED) is 0.591. The molecule has 0 radical (unpaired) electrons. The van der Waals surface area contributed by atoms with Gasteiger partial charge < -0.3 is 16.0 Å². The van der Waals surface area contributed by atoms with Crippen molar-refractivity contribution in [1.29, 1.82) is 0 Å². The van der Waals surface area contributed by atoms with Gasteiger partial charge in [-0.15, -0.1) is 0 Å². The first-order chi connectivity index (χ1) is 7.75. The summed E-state index contributed by atoms with van der Waals surface area (Å²) < 4.78 is 0. The molecule has 3 N–H and O–H groups in total. The van der Waals surface area contributed by atoms with E-state index < -0.39 is 0 Å². The minimum atomic E-state index is -0.120. The number of carbonyl (C=O) groups excluding carboxylic acids is 2. The van der Waals surface area contributed by atoms with Gasteiger partial charge in [-0.1, -0.05) is 0 Å². The van der Waals surface area contributed by atoms with E-state index in [-0.39, 0.29) is 17.9 Å². The Hall–Kier alpha value is -1.26. The van der Waals surface area contributed by atoms with Crippen LogP contribution < -0.4 is 16.0 Å². The van der Waals surface area contributed by atoms with Crippen LogP contribution in [-0.2, 0) is 4.79 Å². The Labute approximate surface area is 95.3 Å². The Balaban J connectivity index is 1.46. The molecule has 0 atom stereocenters. The Kier molecular flexibility index (Phi) is 3.64. The summed E-state index contributed by atoms with van der Waals surface area (Å²) in [4.78, 5) is 22.5. The lowest BCUT2D eigenvalue weighted by Crippen LogP contribution is -2.46. The van der Waals surface area contributed by atoms with Gasteiger partial charge in [0.15, 0.2) is 0 Å². The molecular weight excluding hydrogens is 206 g/mol. The first-order valence-electron chi connectivity index (χ1n) is 6.08. The van der Waals surface area contributed by atoms with Crippen molar-refractivity contribution in [3.05, 3.63) is 0 Å². The van der Waals surface area contributed by atoms with Crippen molar-refractivity contribution in [2.45, 2.75) is 38.1 Å². The van der Waals surface area contributed by atoms with Crippen LogP contribution >= 0.6 is 0 Å². The van der Waals surface area contributed by atoms with Crippen molar-refractivity contribution >= 4 is 11.9 Å². The van der Waals surface area contributed by atoms with Gasteiger partial charge in [0, 0.05) is 25.0 Å². The molecule has 90 valence electrons. The maximum absolute atomic E-state index is 11.3. The summed E-state index contributed by atoms with van der Waals surface area (Å²) in [6, 6.07) is 0.242. The summed E-state index contributed by atoms with van der Waals surface area (Å²) in [5, 5.41) is 8.41. The largest absolute Gasteiger partial charge is 0.354 e. The van der Waals surface area contributed by atoms with Gasteiger partial charge >= 0.3 is 6.03 Å². The van der Waals surface area contributed by atoms with Gasteiger partial charge in [-0.05, 0) is 32.1 Å². The van der Waals surface area contributed by atoms with Crippen LogP contribution in [0.1, 0.15) is 32.1 Å². The zero-order chi connectivity index (χ0) is 11.4. The van der Waals surface area contributed by atoms with Crippen molar-refractivity contribution in [1.82, 2.24) is 16.0 Å². The molecule has 0 aromatic rings. The number of hydrogen-bond acceptors (Lipinski definition) is 2. The number of urea groups is 1. The lowest BCUT2D eigenvalue weighted by atomic mass is 9.93. The SMILES string of the molecule is O=C(NCCNC(=O)C1CC1)NC1CCC1. The highest BCUT2D eigenvalue weighted by Gasteiger charge is 2.29. The van der Waals surface area contributed by atoms with Crippen molar-refractivity contribution in [2.75, 3.05) is 13.1 Å². The third-order valence-electron chi connectivity index (χ3n) is 3.10. The first-order valence-corrected chi connectivity index (χ1v) is 6.08. The van der Waals surface area contributed by atoms with Crippen LogP contribution in [0.25, 0.3) is 0 Å². The molecule has 2 fully saturated rings. The summed E-state index contributed by atoms with van der Waals surface area (Å²) in [6.45, 7) is 1.02. The van der Waals surface area contributed by atoms with E-state index in [1.807, 2.05) is 0 Å². The monoisotopic (exact) mass is 225 g/mol. The molecule has 2 rings (SSSR count). The molecule has 0 aliphatic heterocycles. The molecule has 5 nitrogen and oxygen atoms in total. The summed E-state index contributed by atoms with van der Waals surface area (Å²) in [5.41, 5.74) is 0. The minimum absolute atomic E-state index is 0.120. The standard InChI is InChI=1S/C11H19N3O2/c15-10(8-4-5-8)12-6-7-13-11(16)14-9-2-1-3-9/h8-9H,1-7H2,(H,12,15)(H2,13,14,16). The van der Waals surface area contributed by atoms with Gasteiger partial charge in [0.1, 0.15) is 0 Å². The Bertz CT molecular complexity index is 272. The van der Waals surface area contributed by atoms with E-state index in [9.17, 15) is 9.59 Å². The molecule has 0 spiro atoms. The van der Waals surface area contributed by atoms with E-state index in [0.717, 1.165) is 25.7 Å². The minimum Gasteiger partial charge on any atom is -0.354 e. The molecule has 0 aromatic carbocycles.